The van der Waals surface area contributed by atoms with E-state index in [0.717, 1.165) is 11.3 Å². The summed E-state index contributed by atoms with van der Waals surface area (Å²) in [7, 11) is 3.33. The van der Waals surface area contributed by atoms with Gasteiger partial charge in [0, 0.05) is 34.8 Å². The fourth-order valence-corrected chi connectivity index (χ4v) is 4.29. The van der Waals surface area contributed by atoms with E-state index in [1.54, 1.807) is 44.5 Å². The Balaban J connectivity index is 1.78. The molecule has 0 bridgehead atoms. The van der Waals surface area contributed by atoms with Crippen molar-refractivity contribution >= 4 is 39.6 Å². The molecule has 0 saturated heterocycles. The molecular formula is C19H20N4O2S2. The van der Waals surface area contributed by atoms with E-state index in [0.29, 0.717) is 22.1 Å². The van der Waals surface area contributed by atoms with Crippen LogP contribution < -0.4 is 5.32 Å². The Bertz CT molecular complexity index is 1020. The van der Waals surface area contributed by atoms with Crippen molar-refractivity contribution < 1.29 is 9.59 Å². The standard InChI is InChI=1S/C19H20N4O2S2/c1-10-8-14(12(3)27-10)16-9-26-19(21-16)22-17(24)13-6-7-15(20-11(13)2)18(25)23(4)5/h6-9H,1-5H3,(H,21,22,24). The first kappa shape index (κ1) is 19.2. The monoisotopic (exact) mass is 400 g/mol. The van der Waals surface area contributed by atoms with Gasteiger partial charge >= 0.3 is 0 Å². The van der Waals surface area contributed by atoms with Crippen molar-refractivity contribution in [3.63, 3.8) is 0 Å². The van der Waals surface area contributed by atoms with Gasteiger partial charge in [0.2, 0.25) is 0 Å². The second-order valence-corrected chi connectivity index (χ2v) is 8.67. The molecule has 0 aliphatic rings. The third-order valence-electron chi connectivity index (χ3n) is 4.00. The Morgan fingerprint density at radius 3 is 2.44 bits per heavy atom. The molecule has 0 atom stereocenters. The summed E-state index contributed by atoms with van der Waals surface area (Å²) in [5, 5.41) is 5.30. The van der Waals surface area contributed by atoms with Crippen LogP contribution in [0.15, 0.2) is 23.6 Å². The largest absolute Gasteiger partial charge is 0.343 e. The molecule has 0 radical (unpaired) electrons. The summed E-state index contributed by atoms with van der Waals surface area (Å²) in [6.45, 7) is 5.85. The molecule has 3 aromatic rings. The van der Waals surface area contributed by atoms with Crippen LogP contribution in [0, 0.1) is 20.8 Å². The van der Waals surface area contributed by atoms with Gasteiger partial charge in [-0.15, -0.1) is 22.7 Å². The highest BCUT2D eigenvalue weighted by Crippen LogP contribution is 2.32. The first-order chi connectivity index (χ1) is 12.8. The van der Waals surface area contributed by atoms with Gasteiger partial charge in [-0.2, -0.15) is 0 Å². The van der Waals surface area contributed by atoms with E-state index in [2.05, 4.69) is 35.2 Å². The molecule has 0 fully saturated rings. The Morgan fingerprint density at radius 1 is 1.11 bits per heavy atom. The third kappa shape index (κ3) is 4.06. The minimum absolute atomic E-state index is 0.198. The summed E-state index contributed by atoms with van der Waals surface area (Å²) in [5.74, 6) is -0.487. The van der Waals surface area contributed by atoms with Crippen LogP contribution in [-0.4, -0.2) is 40.8 Å². The first-order valence-electron chi connectivity index (χ1n) is 8.30. The number of nitrogens with zero attached hydrogens (tertiary/aromatic N) is 3. The molecular weight excluding hydrogens is 380 g/mol. The number of rotatable bonds is 4. The van der Waals surface area contributed by atoms with Gasteiger partial charge in [-0.05, 0) is 39.0 Å². The highest BCUT2D eigenvalue weighted by Gasteiger charge is 2.17. The van der Waals surface area contributed by atoms with E-state index < -0.39 is 0 Å². The van der Waals surface area contributed by atoms with Crippen molar-refractivity contribution in [2.75, 3.05) is 19.4 Å². The predicted octanol–water partition coefficient (Wildman–Crippen LogP) is 4.15. The lowest BCUT2D eigenvalue weighted by Crippen LogP contribution is -2.23. The van der Waals surface area contributed by atoms with Crippen molar-refractivity contribution in [2.45, 2.75) is 20.8 Å². The number of carbonyl (C=O) groups excluding carboxylic acids is 2. The molecule has 0 aliphatic heterocycles. The van der Waals surface area contributed by atoms with Crippen LogP contribution >= 0.6 is 22.7 Å². The fraction of sp³-hybridized carbons (Fsp3) is 0.263. The molecule has 0 spiro atoms. The summed E-state index contributed by atoms with van der Waals surface area (Å²) >= 11 is 3.11. The summed E-state index contributed by atoms with van der Waals surface area (Å²) in [5.41, 5.74) is 3.19. The number of aryl methyl sites for hydroxylation is 3. The average Bonchev–Trinajstić information content (AvgIpc) is 3.19. The number of hydrogen-bond acceptors (Lipinski definition) is 6. The zero-order chi connectivity index (χ0) is 19.7. The SMILES string of the molecule is Cc1cc(-c2csc(NC(=O)c3ccc(C(=O)N(C)C)nc3C)n2)c(C)s1. The molecule has 27 heavy (non-hydrogen) atoms. The van der Waals surface area contributed by atoms with Gasteiger partial charge in [0.1, 0.15) is 5.69 Å². The number of aromatic nitrogens is 2. The van der Waals surface area contributed by atoms with E-state index in [-0.39, 0.29) is 11.8 Å². The highest BCUT2D eigenvalue weighted by molar-refractivity contribution is 7.14. The van der Waals surface area contributed by atoms with Gasteiger partial charge in [0.05, 0.1) is 17.0 Å². The number of amides is 2. The molecule has 3 aromatic heterocycles. The number of thiophene rings is 1. The lowest BCUT2D eigenvalue weighted by molar-refractivity contribution is 0.0821. The zero-order valence-corrected chi connectivity index (χ0v) is 17.4. The Labute approximate surface area is 165 Å². The van der Waals surface area contributed by atoms with Crippen LogP contribution in [0.2, 0.25) is 0 Å². The van der Waals surface area contributed by atoms with E-state index in [1.807, 2.05) is 5.38 Å². The smallest absolute Gasteiger partial charge is 0.271 e. The van der Waals surface area contributed by atoms with Crippen LogP contribution in [0.25, 0.3) is 11.3 Å². The van der Waals surface area contributed by atoms with Crippen LogP contribution in [0.5, 0.6) is 0 Å². The number of nitrogens with one attached hydrogen (secondary N) is 1. The molecule has 3 heterocycles. The van der Waals surface area contributed by atoms with Crippen LogP contribution in [0.1, 0.15) is 36.3 Å². The Kier molecular flexibility index (Phi) is 5.38. The molecule has 0 aromatic carbocycles. The van der Waals surface area contributed by atoms with Gasteiger partial charge in [0.15, 0.2) is 5.13 Å². The summed E-state index contributed by atoms with van der Waals surface area (Å²) < 4.78 is 0. The van der Waals surface area contributed by atoms with Crippen molar-refractivity contribution in [1.29, 1.82) is 0 Å². The predicted molar refractivity (Wildman–Crippen MR) is 110 cm³/mol. The van der Waals surface area contributed by atoms with Crippen LogP contribution in [0.4, 0.5) is 5.13 Å². The average molecular weight is 401 g/mol. The van der Waals surface area contributed by atoms with Gasteiger partial charge in [0.25, 0.3) is 11.8 Å². The van der Waals surface area contributed by atoms with Crippen LogP contribution in [-0.2, 0) is 0 Å². The van der Waals surface area contributed by atoms with E-state index >= 15 is 0 Å². The minimum atomic E-state index is -0.289. The van der Waals surface area contributed by atoms with Crippen molar-refractivity contribution in [2.24, 2.45) is 0 Å². The normalized spacial score (nSPS) is 10.7. The zero-order valence-electron chi connectivity index (χ0n) is 15.8. The van der Waals surface area contributed by atoms with Gasteiger partial charge < -0.3 is 4.90 Å². The molecule has 0 unspecified atom stereocenters. The minimum Gasteiger partial charge on any atom is -0.343 e. The first-order valence-corrected chi connectivity index (χ1v) is 9.99. The maximum Gasteiger partial charge on any atom is 0.271 e. The number of pyridine rings is 1. The summed E-state index contributed by atoms with van der Waals surface area (Å²) in [6.07, 6.45) is 0. The van der Waals surface area contributed by atoms with E-state index in [1.165, 1.54) is 26.0 Å². The van der Waals surface area contributed by atoms with E-state index in [4.69, 9.17) is 0 Å². The summed E-state index contributed by atoms with van der Waals surface area (Å²) in [4.78, 5) is 37.3. The second kappa shape index (κ2) is 7.58. The van der Waals surface area contributed by atoms with Crippen molar-refractivity contribution in [3.8, 4) is 11.3 Å². The molecule has 1 N–H and O–H groups in total. The lowest BCUT2D eigenvalue weighted by Gasteiger charge is -2.11. The molecule has 140 valence electrons. The molecule has 8 heteroatoms. The Morgan fingerprint density at radius 2 is 1.85 bits per heavy atom. The van der Waals surface area contributed by atoms with Crippen molar-refractivity contribution in [1.82, 2.24) is 14.9 Å². The van der Waals surface area contributed by atoms with Gasteiger partial charge in [-0.3, -0.25) is 14.9 Å². The fourth-order valence-electron chi connectivity index (χ4n) is 2.65. The van der Waals surface area contributed by atoms with Crippen LogP contribution in [0.3, 0.4) is 0 Å². The molecule has 0 saturated carbocycles. The maximum absolute atomic E-state index is 12.6. The topological polar surface area (TPSA) is 75.2 Å². The molecule has 6 nitrogen and oxygen atoms in total. The quantitative estimate of drug-likeness (QED) is 0.714. The maximum atomic E-state index is 12.6. The van der Waals surface area contributed by atoms with E-state index in [9.17, 15) is 9.59 Å². The summed E-state index contributed by atoms with van der Waals surface area (Å²) in [6, 6.07) is 5.29. The second-order valence-electron chi connectivity index (χ2n) is 6.35. The lowest BCUT2D eigenvalue weighted by atomic mass is 10.1. The molecule has 3 rings (SSSR count). The number of hydrogen-bond donors (Lipinski definition) is 1. The molecule has 0 aliphatic carbocycles. The van der Waals surface area contributed by atoms with Crippen molar-refractivity contribution in [3.05, 3.63) is 50.3 Å². The molecule has 2 amide bonds. The third-order valence-corrected chi connectivity index (χ3v) is 5.72. The van der Waals surface area contributed by atoms with Gasteiger partial charge in [-0.1, -0.05) is 0 Å². The Hall–Kier alpha value is -2.58. The number of thiazole rings is 1. The number of anilines is 1. The highest BCUT2D eigenvalue weighted by atomic mass is 32.1. The van der Waals surface area contributed by atoms with Gasteiger partial charge in [-0.25, -0.2) is 9.97 Å². The number of carbonyl (C=O) groups is 2.